The Morgan fingerprint density at radius 1 is 0.900 bits per heavy atom. The molecule has 0 amide bonds. The van der Waals surface area contributed by atoms with Crippen molar-refractivity contribution in [3.8, 4) is 5.75 Å². The highest BCUT2D eigenvalue weighted by Crippen LogP contribution is 2.29. The first-order chi connectivity index (χ1) is 9.47. The van der Waals surface area contributed by atoms with E-state index in [0.29, 0.717) is 13.1 Å². The molecule has 106 valence electrons. The molecule has 0 saturated heterocycles. The van der Waals surface area contributed by atoms with Crippen LogP contribution in [0, 0.1) is 0 Å². The number of para-hydroxylation sites is 1. The van der Waals surface area contributed by atoms with E-state index in [9.17, 15) is 18.3 Å². The van der Waals surface area contributed by atoms with Gasteiger partial charge in [-0.1, -0.05) is 30.3 Å². The third-order valence-electron chi connectivity index (χ3n) is 2.92. The van der Waals surface area contributed by atoms with Crippen LogP contribution < -0.4 is 5.32 Å². The van der Waals surface area contributed by atoms with Gasteiger partial charge in [0.25, 0.3) is 0 Å². The monoisotopic (exact) mass is 281 g/mol. The first kappa shape index (κ1) is 14.4. The van der Waals surface area contributed by atoms with E-state index in [-0.39, 0.29) is 5.75 Å². The lowest BCUT2D eigenvalue weighted by Crippen LogP contribution is -2.13. The van der Waals surface area contributed by atoms with Crippen LogP contribution in [0.25, 0.3) is 0 Å². The van der Waals surface area contributed by atoms with Crippen molar-refractivity contribution in [2.75, 3.05) is 0 Å². The second kappa shape index (κ2) is 5.96. The molecule has 2 aromatic rings. The molecule has 0 saturated carbocycles. The van der Waals surface area contributed by atoms with Crippen molar-refractivity contribution in [3.05, 3.63) is 65.2 Å². The van der Waals surface area contributed by atoms with Gasteiger partial charge in [-0.15, -0.1) is 0 Å². The van der Waals surface area contributed by atoms with Gasteiger partial charge in [-0.3, -0.25) is 0 Å². The fourth-order valence-electron chi connectivity index (χ4n) is 1.81. The molecular weight excluding hydrogens is 267 g/mol. The van der Waals surface area contributed by atoms with Gasteiger partial charge in [0.15, 0.2) is 0 Å². The van der Waals surface area contributed by atoms with Crippen LogP contribution in [0.4, 0.5) is 13.2 Å². The molecule has 2 aromatic carbocycles. The van der Waals surface area contributed by atoms with Crippen molar-refractivity contribution in [1.29, 1.82) is 0 Å². The summed E-state index contributed by atoms with van der Waals surface area (Å²) < 4.78 is 37.2. The van der Waals surface area contributed by atoms with Crippen LogP contribution in [0.3, 0.4) is 0 Å². The first-order valence-corrected chi connectivity index (χ1v) is 6.10. The molecule has 0 bridgehead atoms. The van der Waals surface area contributed by atoms with Crippen LogP contribution in [0.2, 0.25) is 0 Å². The summed E-state index contributed by atoms with van der Waals surface area (Å²) >= 11 is 0. The number of alkyl halides is 3. The van der Waals surface area contributed by atoms with E-state index in [1.165, 1.54) is 12.1 Å². The van der Waals surface area contributed by atoms with Crippen molar-refractivity contribution >= 4 is 0 Å². The summed E-state index contributed by atoms with van der Waals surface area (Å²) in [6, 6.07) is 11.9. The molecule has 2 rings (SSSR count). The lowest BCUT2D eigenvalue weighted by Gasteiger charge is -2.09. The number of hydrogen-bond donors (Lipinski definition) is 2. The second-order valence-corrected chi connectivity index (χ2v) is 4.43. The second-order valence-electron chi connectivity index (χ2n) is 4.43. The van der Waals surface area contributed by atoms with Crippen molar-refractivity contribution in [3.63, 3.8) is 0 Å². The Bertz CT molecular complexity index is 564. The third-order valence-corrected chi connectivity index (χ3v) is 2.92. The van der Waals surface area contributed by atoms with Gasteiger partial charge < -0.3 is 10.4 Å². The summed E-state index contributed by atoms with van der Waals surface area (Å²) in [5.41, 5.74) is 0.856. The SMILES string of the molecule is Oc1ccccc1CNCc1ccc(C(F)(F)F)cc1. The van der Waals surface area contributed by atoms with Crippen molar-refractivity contribution in [2.45, 2.75) is 19.3 Å². The number of halogens is 3. The summed E-state index contributed by atoms with van der Waals surface area (Å²) in [6.07, 6.45) is -4.30. The van der Waals surface area contributed by atoms with E-state index in [1.54, 1.807) is 18.2 Å². The molecule has 2 N–H and O–H groups in total. The van der Waals surface area contributed by atoms with Gasteiger partial charge in [0, 0.05) is 18.7 Å². The van der Waals surface area contributed by atoms with Crippen LogP contribution in [-0.2, 0) is 19.3 Å². The number of nitrogens with one attached hydrogen (secondary N) is 1. The molecule has 0 radical (unpaired) electrons. The van der Waals surface area contributed by atoms with Crippen LogP contribution in [0.1, 0.15) is 16.7 Å². The van der Waals surface area contributed by atoms with Crippen LogP contribution in [0.5, 0.6) is 5.75 Å². The number of hydrogen-bond acceptors (Lipinski definition) is 2. The van der Waals surface area contributed by atoms with Gasteiger partial charge in [0.2, 0.25) is 0 Å². The number of phenolic OH excluding ortho intramolecular Hbond substituents is 1. The maximum atomic E-state index is 12.4. The molecular formula is C15H14F3NO. The molecule has 0 heterocycles. The van der Waals surface area contributed by atoms with Gasteiger partial charge in [-0.05, 0) is 23.8 Å². The zero-order valence-corrected chi connectivity index (χ0v) is 10.6. The fourth-order valence-corrected chi connectivity index (χ4v) is 1.81. The standard InChI is InChI=1S/C15H14F3NO/c16-15(17,18)13-7-5-11(6-8-13)9-19-10-12-3-1-2-4-14(12)20/h1-8,19-20H,9-10H2. The van der Waals surface area contributed by atoms with E-state index in [4.69, 9.17) is 0 Å². The van der Waals surface area contributed by atoms with Crippen molar-refractivity contribution < 1.29 is 18.3 Å². The molecule has 5 heteroatoms. The minimum atomic E-state index is -4.30. The van der Waals surface area contributed by atoms with E-state index in [2.05, 4.69) is 5.32 Å². The largest absolute Gasteiger partial charge is 0.508 e. The van der Waals surface area contributed by atoms with E-state index < -0.39 is 11.7 Å². The molecule has 0 atom stereocenters. The molecule has 0 aliphatic rings. The Morgan fingerprint density at radius 2 is 1.55 bits per heavy atom. The van der Waals surface area contributed by atoms with Crippen LogP contribution in [0.15, 0.2) is 48.5 Å². The first-order valence-electron chi connectivity index (χ1n) is 6.10. The van der Waals surface area contributed by atoms with Crippen LogP contribution in [-0.4, -0.2) is 5.11 Å². The van der Waals surface area contributed by atoms with Crippen molar-refractivity contribution in [1.82, 2.24) is 5.32 Å². The molecule has 0 fully saturated rings. The average molecular weight is 281 g/mol. The Labute approximate surface area is 114 Å². The van der Waals surface area contributed by atoms with Crippen LogP contribution >= 0.6 is 0 Å². The fraction of sp³-hybridized carbons (Fsp3) is 0.200. The summed E-state index contributed by atoms with van der Waals surface area (Å²) in [5, 5.41) is 12.6. The lowest BCUT2D eigenvalue weighted by molar-refractivity contribution is -0.137. The quantitative estimate of drug-likeness (QED) is 0.895. The Balaban J connectivity index is 1.90. The zero-order chi connectivity index (χ0) is 14.6. The molecule has 0 aromatic heterocycles. The molecule has 0 aliphatic carbocycles. The van der Waals surface area contributed by atoms with Gasteiger partial charge in [-0.2, -0.15) is 13.2 Å². The molecule has 0 aliphatic heterocycles. The molecule has 0 unspecified atom stereocenters. The number of benzene rings is 2. The summed E-state index contributed by atoms with van der Waals surface area (Å²) in [6.45, 7) is 0.889. The highest BCUT2D eigenvalue weighted by atomic mass is 19.4. The van der Waals surface area contributed by atoms with Gasteiger partial charge in [0.05, 0.1) is 5.56 Å². The zero-order valence-electron chi connectivity index (χ0n) is 10.6. The molecule has 0 spiro atoms. The van der Waals surface area contributed by atoms with E-state index in [1.807, 2.05) is 6.07 Å². The molecule has 20 heavy (non-hydrogen) atoms. The smallest absolute Gasteiger partial charge is 0.416 e. The molecule has 2 nitrogen and oxygen atoms in total. The summed E-state index contributed by atoms with van der Waals surface area (Å²) in [7, 11) is 0. The average Bonchev–Trinajstić information content (AvgIpc) is 2.40. The van der Waals surface area contributed by atoms with Gasteiger partial charge in [-0.25, -0.2) is 0 Å². The Kier molecular flexibility index (Phi) is 4.29. The maximum Gasteiger partial charge on any atom is 0.416 e. The number of aromatic hydroxyl groups is 1. The number of phenols is 1. The predicted octanol–water partition coefficient (Wildman–Crippen LogP) is 3.70. The highest BCUT2D eigenvalue weighted by molar-refractivity contribution is 5.31. The third kappa shape index (κ3) is 3.74. The van der Waals surface area contributed by atoms with Gasteiger partial charge in [0.1, 0.15) is 5.75 Å². The van der Waals surface area contributed by atoms with E-state index in [0.717, 1.165) is 23.3 Å². The normalized spacial score (nSPS) is 11.6. The van der Waals surface area contributed by atoms with E-state index >= 15 is 0 Å². The lowest BCUT2D eigenvalue weighted by atomic mass is 10.1. The number of rotatable bonds is 4. The summed E-state index contributed by atoms with van der Waals surface area (Å²) in [5.74, 6) is 0.201. The van der Waals surface area contributed by atoms with Crippen molar-refractivity contribution in [2.24, 2.45) is 0 Å². The minimum Gasteiger partial charge on any atom is -0.508 e. The Hall–Kier alpha value is -2.01. The predicted molar refractivity (Wildman–Crippen MR) is 70.1 cm³/mol. The summed E-state index contributed by atoms with van der Waals surface area (Å²) in [4.78, 5) is 0. The Morgan fingerprint density at radius 3 is 2.15 bits per heavy atom. The maximum absolute atomic E-state index is 12.4. The topological polar surface area (TPSA) is 32.3 Å². The highest BCUT2D eigenvalue weighted by Gasteiger charge is 2.29. The minimum absolute atomic E-state index is 0.201. The van der Waals surface area contributed by atoms with Gasteiger partial charge >= 0.3 is 6.18 Å².